The van der Waals surface area contributed by atoms with E-state index in [0.29, 0.717) is 41.3 Å². The molecule has 0 atom stereocenters. The highest BCUT2D eigenvalue weighted by Crippen LogP contribution is 2.42. The molecule has 0 aromatic heterocycles. The van der Waals surface area contributed by atoms with Crippen molar-refractivity contribution >= 4 is 5.78 Å². The first-order valence-corrected chi connectivity index (χ1v) is 12.9. The van der Waals surface area contributed by atoms with Crippen LogP contribution in [0.2, 0.25) is 0 Å². The molecule has 3 aliphatic carbocycles. The van der Waals surface area contributed by atoms with Crippen LogP contribution in [0.15, 0.2) is 0 Å². The summed E-state index contributed by atoms with van der Waals surface area (Å²) in [5.74, 6) is 2.01. The van der Waals surface area contributed by atoms with Gasteiger partial charge in [0.05, 0.1) is 23.9 Å². The average molecular weight is 421 g/mol. The fraction of sp³-hybridized carbons (Fsp3) is 0.963. The molecule has 0 unspecified atom stereocenters. The van der Waals surface area contributed by atoms with Gasteiger partial charge < -0.3 is 9.47 Å². The molecule has 174 valence electrons. The summed E-state index contributed by atoms with van der Waals surface area (Å²) < 4.78 is 12.6. The fourth-order valence-electron chi connectivity index (χ4n) is 6.12. The summed E-state index contributed by atoms with van der Waals surface area (Å²) in [6.45, 7) is 13.5. The predicted octanol–water partition coefficient (Wildman–Crippen LogP) is 7.11. The molecular weight excluding hydrogens is 372 g/mol. The third kappa shape index (κ3) is 7.05. The molecule has 3 heteroatoms. The van der Waals surface area contributed by atoms with Crippen LogP contribution >= 0.6 is 0 Å². The summed E-state index contributed by atoms with van der Waals surface area (Å²) in [4.78, 5) is 13.1. The van der Waals surface area contributed by atoms with Gasteiger partial charge in [0.1, 0.15) is 5.78 Å². The Hall–Kier alpha value is -0.410. The molecule has 0 aliphatic heterocycles. The lowest BCUT2D eigenvalue weighted by Crippen LogP contribution is -2.36. The van der Waals surface area contributed by atoms with Crippen molar-refractivity contribution in [2.75, 3.05) is 0 Å². The van der Waals surface area contributed by atoms with E-state index in [1.54, 1.807) is 0 Å². The molecular formula is C27H48O3. The Morgan fingerprint density at radius 2 is 1.00 bits per heavy atom. The van der Waals surface area contributed by atoms with Gasteiger partial charge in [-0.05, 0) is 109 Å². The smallest absolute Gasteiger partial charge is 0.139 e. The maximum absolute atomic E-state index is 13.1. The van der Waals surface area contributed by atoms with E-state index in [1.807, 2.05) is 0 Å². The minimum absolute atomic E-state index is 0.0464. The number of carbonyl (C=O) groups excluding carboxylic acids is 1. The minimum atomic E-state index is -0.0464. The second kappa shape index (κ2) is 10.0. The standard InChI is InChI=1S/C27H48O3/c1-26(2,3)21-11-7-19(8-12-21)25(28)20-9-13-22(14-10-20)29-23-15-17-24(18-16-23)30-27(4,5)6/h19-24H,7-18H2,1-6H3. The Balaban J connectivity index is 1.35. The average Bonchev–Trinajstić information content (AvgIpc) is 2.68. The zero-order valence-corrected chi connectivity index (χ0v) is 20.7. The summed E-state index contributed by atoms with van der Waals surface area (Å²) in [5.41, 5.74) is 0.344. The van der Waals surface area contributed by atoms with Crippen LogP contribution in [-0.4, -0.2) is 29.7 Å². The fourth-order valence-corrected chi connectivity index (χ4v) is 6.12. The molecule has 30 heavy (non-hydrogen) atoms. The third-order valence-electron chi connectivity index (χ3n) is 7.96. The predicted molar refractivity (Wildman–Crippen MR) is 124 cm³/mol. The van der Waals surface area contributed by atoms with Crippen LogP contribution in [0.5, 0.6) is 0 Å². The highest BCUT2D eigenvalue weighted by atomic mass is 16.5. The molecule has 3 fully saturated rings. The van der Waals surface area contributed by atoms with Gasteiger partial charge >= 0.3 is 0 Å². The molecule has 3 saturated carbocycles. The number of hydrogen-bond donors (Lipinski definition) is 0. The van der Waals surface area contributed by atoms with E-state index in [0.717, 1.165) is 70.1 Å². The highest BCUT2D eigenvalue weighted by molar-refractivity contribution is 5.83. The summed E-state index contributed by atoms with van der Waals surface area (Å²) in [6, 6.07) is 0. The van der Waals surface area contributed by atoms with Crippen molar-refractivity contribution in [2.45, 2.75) is 143 Å². The van der Waals surface area contributed by atoms with Gasteiger partial charge in [-0.3, -0.25) is 4.79 Å². The van der Waals surface area contributed by atoms with E-state index in [4.69, 9.17) is 9.47 Å². The second-order valence-electron chi connectivity index (χ2n) is 12.6. The lowest BCUT2D eigenvalue weighted by Gasteiger charge is -2.38. The normalized spacial score (nSPS) is 36.5. The maximum atomic E-state index is 13.1. The topological polar surface area (TPSA) is 35.5 Å². The van der Waals surface area contributed by atoms with Crippen LogP contribution < -0.4 is 0 Å². The van der Waals surface area contributed by atoms with Gasteiger partial charge in [0.25, 0.3) is 0 Å². The Morgan fingerprint density at radius 3 is 1.43 bits per heavy atom. The third-order valence-corrected chi connectivity index (χ3v) is 7.96. The summed E-state index contributed by atoms with van der Waals surface area (Å²) >= 11 is 0. The van der Waals surface area contributed by atoms with E-state index in [2.05, 4.69) is 41.5 Å². The Bertz CT molecular complexity index is 531. The Labute approximate surface area is 186 Å². The first-order valence-electron chi connectivity index (χ1n) is 12.9. The number of carbonyl (C=O) groups is 1. The van der Waals surface area contributed by atoms with Crippen LogP contribution in [0.1, 0.15) is 119 Å². The molecule has 3 rings (SSSR count). The van der Waals surface area contributed by atoms with E-state index in [-0.39, 0.29) is 5.60 Å². The van der Waals surface area contributed by atoms with Crippen LogP contribution in [0.3, 0.4) is 0 Å². The van der Waals surface area contributed by atoms with E-state index in [1.165, 1.54) is 12.8 Å². The monoisotopic (exact) mass is 420 g/mol. The summed E-state index contributed by atoms with van der Waals surface area (Å²) in [5, 5.41) is 0. The van der Waals surface area contributed by atoms with Gasteiger partial charge in [0.2, 0.25) is 0 Å². The number of rotatable bonds is 5. The first-order chi connectivity index (χ1) is 14.0. The van der Waals surface area contributed by atoms with Crippen molar-refractivity contribution < 1.29 is 14.3 Å². The SMILES string of the molecule is CC(C)(C)OC1CCC(OC2CCC(C(=O)C3CCC(C(C)(C)C)CC3)CC2)CC1. The van der Waals surface area contributed by atoms with Crippen molar-refractivity contribution in [2.24, 2.45) is 23.2 Å². The Kier molecular flexibility index (Phi) is 8.10. The molecule has 0 radical (unpaired) electrons. The number of ketones is 1. The zero-order chi connectivity index (χ0) is 21.9. The van der Waals surface area contributed by atoms with Crippen LogP contribution in [0.25, 0.3) is 0 Å². The van der Waals surface area contributed by atoms with Gasteiger partial charge in [0.15, 0.2) is 0 Å². The second-order valence-corrected chi connectivity index (χ2v) is 12.6. The molecule has 0 saturated heterocycles. The molecule has 0 aromatic carbocycles. The number of ether oxygens (including phenoxy) is 2. The van der Waals surface area contributed by atoms with Crippen molar-refractivity contribution in [3.05, 3.63) is 0 Å². The summed E-state index contributed by atoms with van der Waals surface area (Å²) in [6.07, 6.45) is 14.6. The van der Waals surface area contributed by atoms with Crippen LogP contribution in [-0.2, 0) is 14.3 Å². The molecule has 0 N–H and O–H groups in total. The molecule has 0 spiro atoms. The molecule has 0 bridgehead atoms. The van der Waals surface area contributed by atoms with Gasteiger partial charge in [0, 0.05) is 11.8 Å². The van der Waals surface area contributed by atoms with Gasteiger partial charge in [-0.2, -0.15) is 0 Å². The van der Waals surface area contributed by atoms with Crippen molar-refractivity contribution in [1.29, 1.82) is 0 Å². The van der Waals surface area contributed by atoms with Crippen molar-refractivity contribution in [1.82, 2.24) is 0 Å². The first kappa shape index (κ1) is 24.2. The van der Waals surface area contributed by atoms with Crippen LogP contribution in [0.4, 0.5) is 0 Å². The molecule has 0 aromatic rings. The van der Waals surface area contributed by atoms with E-state index < -0.39 is 0 Å². The van der Waals surface area contributed by atoms with Crippen molar-refractivity contribution in [3.8, 4) is 0 Å². The number of hydrogen-bond acceptors (Lipinski definition) is 3. The number of Topliss-reactive ketones (excluding diaryl/α,β-unsaturated/α-hetero) is 1. The van der Waals surface area contributed by atoms with E-state index >= 15 is 0 Å². The summed E-state index contributed by atoms with van der Waals surface area (Å²) in [7, 11) is 0. The lowest BCUT2D eigenvalue weighted by atomic mass is 9.67. The molecule has 3 aliphatic rings. The molecule has 0 amide bonds. The lowest BCUT2D eigenvalue weighted by molar-refractivity contribution is -0.132. The maximum Gasteiger partial charge on any atom is 0.139 e. The van der Waals surface area contributed by atoms with Gasteiger partial charge in [-0.1, -0.05) is 20.8 Å². The molecule has 3 nitrogen and oxygen atoms in total. The zero-order valence-electron chi connectivity index (χ0n) is 20.7. The quantitative estimate of drug-likeness (QED) is 0.475. The van der Waals surface area contributed by atoms with Crippen LogP contribution in [0, 0.1) is 23.2 Å². The Morgan fingerprint density at radius 1 is 0.600 bits per heavy atom. The van der Waals surface area contributed by atoms with Gasteiger partial charge in [-0.25, -0.2) is 0 Å². The highest BCUT2D eigenvalue weighted by Gasteiger charge is 2.36. The minimum Gasteiger partial charge on any atom is -0.375 e. The largest absolute Gasteiger partial charge is 0.375 e. The van der Waals surface area contributed by atoms with E-state index in [9.17, 15) is 4.79 Å². The van der Waals surface area contributed by atoms with Gasteiger partial charge in [-0.15, -0.1) is 0 Å². The van der Waals surface area contributed by atoms with Crippen molar-refractivity contribution in [3.63, 3.8) is 0 Å². The molecule has 0 heterocycles.